The van der Waals surface area contributed by atoms with E-state index in [0.717, 1.165) is 12.1 Å². The van der Waals surface area contributed by atoms with E-state index >= 15 is 0 Å². The molecule has 3 nitrogen and oxygen atoms in total. The summed E-state index contributed by atoms with van der Waals surface area (Å²) < 4.78 is 58.4. The number of hydrogen-bond acceptors (Lipinski definition) is 3. The van der Waals surface area contributed by atoms with Crippen molar-refractivity contribution in [3.05, 3.63) is 87.5 Å². The zero-order valence-electron chi connectivity index (χ0n) is 17.7. The molecule has 3 aromatic rings. The molecule has 2 aromatic carbocycles. The third-order valence-corrected chi connectivity index (χ3v) is 6.84. The molecule has 1 heterocycles. The summed E-state index contributed by atoms with van der Waals surface area (Å²) in [5.41, 5.74) is 3.15. The Hall–Kier alpha value is -3.24. The highest BCUT2D eigenvalue weighted by atomic mass is 19.3. The zero-order valence-corrected chi connectivity index (χ0v) is 17.7. The minimum atomic E-state index is -3.37. The Morgan fingerprint density at radius 2 is 1.88 bits per heavy atom. The van der Waals surface area contributed by atoms with Crippen LogP contribution in [0.25, 0.3) is 11.1 Å². The summed E-state index contributed by atoms with van der Waals surface area (Å²) in [6.07, 6.45) is -2.12. The summed E-state index contributed by atoms with van der Waals surface area (Å²) in [5, 5.41) is 20.2. The minimum Gasteiger partial charge on any atom is -0.382 e. The largest absolute Gasteiger partial charge is 0.382 e. The van der Waals surface area contributed by atoms with Gasteiger partial charge in [0.1, 0.15) is 18.1 Å². The van der Waals surface area contributed by atoms with E-state index in [2.05, 4.69) is 4.98 Å². The summed E-state index contributed by atoms with van der Waals surface area (Å²) in [5.74, 6) is -4.63. The molecule has 0 fully saturated rings. The lowest BCUT2D eigenvalue weighted by atomic mass is 9.74. The molecule has 1 N–H and O–H groups in total. The lowest BCUT2D eigenvalue weighted by molar-refractivity contribution is -0.0966. The molecular weight excluding hydrogens is 432 g/mol. The fraction of sp³-hybridized carbons (Fsp3) is 0.308. The molecule has 2 aliphatic rings. The van der Waals surface area contributed by atoms with Gasteiger partial charge in [-0.1, -0.05) is 18.2 Å². The van der Waals surface area contributed by atoms with Gasteiger partial charge in [-0.3, -0.25) is 4.98 Å². The highest BCUT2D eigenvalue weighted by molar-refractivity contribution is 5.74. The van der Waals surface area contributed by atoms with Gasteiger partial charge in [0, 0.05) is 29.8 Å². The maximum absolute atomic E-state index is 14.8. The lowest BCUT2D eigenvalue weighted by Gasteiger charge is -2.31. The number of aromatic nitrogens is 1. The number of rotatable bonds is 2. The van der Waals surface area contributed by atoms with Crippen LogP contribution < -0.4 is 0 Å². The monoisotopic (exact) mass is 452 g/mol. The Morgan fingerprint density at radius 1 is 1.09 bits per heavy atom. The Bertz CT molecular complexity index is 1310. The van der Waals surface area contributed by atoms with Gasteiger partial charge in [-0.15, -0.1) is 0 Å². The van der Waals surface area contributed by atoms with Crippen molar-refractivity contribution in [2.45, 2.75) is 50.3 Å². The predicted octanol–water partition coefficient (Wildman–Crippen LogP) is 6.23. The van der Waals surface area contributed by atoms with Crippen molar-refractivity contribution in [1.82, 2.24) is 4.98 Å². The van der Waals surface area contributed by atoms with E-state index in [-0.39, 0.29) is 29.5 Å². The number of fused-ring (bicyclic) bond motifs is 2. The first-order valence-corrected chi connectivity index (χ1v) is 10.7. The van der Waals surface area contributed by atoms with E-state index in [4.69, 9.17) is 0 Å². The van der Waals surface area contributed by atoms with Gasteiger partial charge >= 0.3 is 0 Å². The SMILES string of the molecule is Cc1ncccc1-c1ccc([C@H]2CC[C@H](F)c3cc(F)cc(C#N)c32)c2c1[C@H](O)C(F)(F)C2. The van der Waals surface area contributed by atoms with Gasteiger partial charge in [0.25, 0.3) is 5.92 Å². The topological polar surface area (TPSA) is 56.9 Å². The Morgan fingerprint density at radius 3 is 2.61 bits per heavy atom. The van der Waals surface area contributed by atoms with Crippen molar-refractivity contribution in [2.24, 2.45) is 0 Å². The van der Waals surface area contributed by atoms with Crippen LogP contribution >= 0.6 is 0 Å². The maximum Gasteiger partial charge on any atom is 0.281 e. The molecule has 0 amide bonds. The number of alkyl halides is 3. The number of hydrogen-bond donors (Lipinski definition) is 1. The number of aliphatic hydroxyl groups excluding tert-OH is 1. The molecule has 0 unspecified atom stereocenters. The third kappa shape index (κ3) is 3.32. The van der Waals surface area contributed by atoms with E-state index in [9.17, 15) is 27.9 Å². The predicted molar refractivity (Wildman–Crippen MR) is 114 cm³/mol. The number of aliphatic hydroxyl groups is 1. The fourth-order valence-electron chi connectivity index (χ4n) is 5.37. The first-order valence-electron chi connectivity index (χ1n) is 10.7. The van der Waals surface area contributed by atoms with Gasteiger partial charge in [-0.05, 0) is 71.3 Å². The second-order valence-corrected chi connectivity index (χ2v) is 8.74. The molecule has 2 aliphatic carbocycles. The van der Waals surface area contributed by atoms with Gasteiger partial charge in [-0.2, -0.15) is 5.26 Å². The number of halogens is 4. The van der Waals surface area contributed by atoms with Crippen LogP contribution in [0.15, 0.2) is 42.6 Å². The summed E-state index contributed by atoms with van der Waals surface area (Å²) in [4.78, 5) is 4.24. The first kappa shape index (κ1) is 21.6. The second kappa shape index (κ2) is 7.67. The van der Waals surface area contributed by atoms with Crippen LogP contribution in [0.3, 0.4) is 0 Å². The second-order valence-electron chi connectivity index (χ2n) is 8.74. The van der Waals surface area contributed by atoms with E-state index in [1.165, 1.54) is 0 Å². The number of nitriles is 1. The summed E-state index contributed by atoms with van der Waals surface area (Å²) in [6, 6.07) is 10.9. The van der Waals surface area contributed by atoms with Gasteiger partial charge in [-0.25, -0.2) is 17.6 Å². The average Bonchev–Trinajstić information content (AvgIpc) is 3.03. The van der Waals surface area contributed by atoms with Crippen molar-refractivity contribution in [3.8, 4) is 17.2 Å². The van der Waals surface area contributed by atoms with E-state index < -0.39 is 36.4 Å². The van der Waals surface area contributed by atoms with Gasteiger partial charge in [0.15, 0.2) is 0 Å². The van der Waals surface area contributed by atoms with Gasteiger partial charge in [0.2, 0.25) is 0 Å². The summed E-state index contributed by atoms with van der Waals surface area (Å²) >= 11 is 0. The molecule has 0 radical (unpaired) electrons. The van der Waals surface area contributed by atoms with Crippen molar-refractivity contribution < 1.29 is 22.7 Å². The molecule has 1 aromatic heterocycles. The van der Waals surface area contributed by atoms with Crippen LogP contribution in [-0.4, -0.2) is 16.0 Å². The number of benzene rings is 2. The molecule has 168 valence electrons. The molecular formula is C26H20F4N2O. The maximum atomic E-state index is 14.8. The highest BCUT2D eigenvalue weighted by Gasteiger charge is 2.50. The average molecular weight is 452 g/mol. The van der Waals surface area contributed by atoms with Gasteiger partial charge in [0.05, 0.1) is 11.6 Å². The number of pyridine rings is 1. The van der Waals surface area contributed by atoms with Crippen molar-refractivity contribution in [3.63, 3.8) is 0 Å². The number of aryl methyl sites for hydroxylation is 1. The van der Waals surface area contributed by atoms with E-state index in [0.29, 0.717) is 33.5 Å². The molecule has 0 saturated carbocycles. The normalized spacial score (nSPS) is 23.0. The van der Waals surface area contributed by atoms with Crippen molar-refractivity contribution >= 4 is 0 Å². The van der Waals surface area contributed by atoms with E-state index in [1.807, 2.05) is 6.07 Å². The van der Waals surface area contributed by atoms with Crippen molar-refractivity contribution in [1.29, 1.82) is 5.26 Å². The zero-order chi connectivity index (χ0) is 23.5. The minimum absolute atomic E-state index is 0.00332. The summed E-state index contributed by atoms with van der Waals surface area (Å²) in [6.45, 7) is 1.77. The molecule has 0 saturated heterocycles. The summed E-state index contributed by atoms with van der Waals surface area (Å²) in [7, 11) is 0. The Balaban J connectivity index is 1.76. The first-order chi connectivity index (χ1) is 15.7. The quantitative estimate of drug-likeness (QED) is 0.469. The molecule has 0 bridgehead atoms. The Labute approximate surface area is 188 Å². The molecule has 5 rings (SSSR count). The fourth-order valence-corrected chi connectivity index (χ4v) is 5.37. The Kier molecular flexibility index (Phi) is 5.02. The molecule has 33 heavy (non-hydrogen) atoms. The smallest absolute Gasteiger partial charge is 0.281 e. The van der Waals surface area contributed by atoms with Crippen LogP contribution in [0.1, 0.15) is 70.1 Å². The van der Waals surface area contributed by atoms with Crippen LogP contribution in [0, 0.1) is 24.1 Å². The highest BCUT2D eigenvalue weighted by Crippen LogP contribution is 2.53. The molecule has 0 aliphatic heterocycles. The number of nitrogens with zero attached hydrogens (tertiary/aromatic N) is 2. The van der Waals surface area contributed by atoms with Crippen LogP contribution in [0.4, 0.5) is 17.6 Å². The van der Waals surface area contributed by atoms with Gasteiger partial charge < -0.3 is 5.11 Å². The lowest BCUT2D eigenvalue weighted by Crippen LogP contribution is -2.22. The van der Waals surface area contributed by atoms with Crippen LogP contribution in [0.5, 0.6) is 0 Å². The molecule has 7 heteroatoms. The standard InChI is InChI=1S/C26H20F4N2O/c1-13-16(3-2-8-32-13)18-5-4-17(21-11-26(29,30)25(33)24(18)21)19-6-7-22(28)20-10-15(27)9-14(12-31)23(19)20/h2-5,8-10,19,22,25,33H,6-7,11H2,1H3/t19-,22+,25+/m1/s1. The third-order valence-electron chi connectivity index (χ3n) is 6.84. The van der Waals surface area contributed by atoms with Crippen LogP contribution in [-0.2, 0) is 6.42 Å². The van der Waals surface area contributed by atoms with Crippen LogP contribution in [0.2, 0.25) is 0 Å². The van der Waals surface area contributed by atoms with Crippen molar-refractivity contribution in [2.75, 3.05) is 0 Å². The molecule has 0 spiro atoms. The molecule has 3 atom stereocenters. The van der Waals surface area contributed by atoms with E-state index in [1.54, 1.807) is 37.4 Å².